The van der Waals surface area contributed by atoms with Crippen molar-refractivity contribution in [1.82, 2.24) is 10.4 Å². The molecule has 1 aliphatic heterocycles. The predicted octanol–water partition coefficient (Wildman–Crippen LogP) is 3.30. The Morgan fingerprint density at radius 3 is 2.38 bits per heavy atom. The molecule has 2 rings (SSSR count). The van der Waals surface area contributed by atoms with Gasteiger partial charge < -0.3 is 9.47 Å². The first kappa shape index (κ1) is 20.5. The van der Waals surface area contributed by atoms with Gasteiger partial charge in [0.25, 0.3) is 0 Å². The second-order valence-corrected chi connectivity index (χ2v) is 7.05. The summed E-state index contributed by atoms with van der Waals surface area (Å²) in [5, 5.41) is 8.46. The third-order valence-corrected chi connectivity index (χ3v) is 5.19. The fraction of sp³-hybridized carbons (Fsp3) is 0.650. The maximum Gasteiger partial charge on any atom is 0.243 e. The van der Waals surface area contributed by atoms with Gasteiger partial charge in [-0.05, 0) is 56.0 Å². The van der Waals surface area contributed by atoms with Gasteiger partial charge >= 0.3 is 0 Å². The van der Waals surface area contributed by atoms with E-state index in [0.717, 1.165) is 50.3 Å². The van der Waals surface area contributed by atoms with Crippen LogP contribution in [0.4, 0.5) is 0 Å². The summed E-state index contributed by atoms with van der Waals surface area (Å²) in [6.45, 7) is 4.33. The average molecular weight is 364 g/mol. The summed E-state index contributed by atoms with van der Waals surface area (Å²) >= 11 is 0. The molecule has 0 aliphatic carbocycles. The van der Waals surface area contributed by atoms with Crippen LogP contribution in [0.25, 0.3) is 0 Å². The molecule has 0 bridgehead atoms. The van der Waals surface area contributed by atoms with Crippen LogP contribution in [-0.4, -0.2) is 42.8 Å². The quantitative estimate of drug-likeness (QED) is 0.379. The van der Waals surface area contributed by atoms with E-state index in [1.165, 1.54) is 24.0 Å². The van der Waals surface area contributed by atoms with Gasteiger partial charge in [-0.3, -0.25) is 14.9 Å². The standard InChI is InChI=1S/C20H32N2O4/c1-15-11-16-12-18(25-2)19(26-3)13-17(16)14-22(15)10-8-6-4-5-7-9-20(23)21-24/h12-13,15,24H,4-11,14H2,1-3H3,(H,21,23). The average Bonchev–Trinajstić information content (AvgIpc) is 2.66. The SMILES string of the molecule is COc1cc2c(cc1OC)CN(CCCCCCCC(=O)NO)C(C)C2. The van der Waals surface area contributed by atoms with Crippen LogP contribution in [0.3, 0.4) is 0 Å². The summed E-state index contributed by atoms with van der Waals surface area (Å²) in [6.07, 6.45) is 6.77. The maximum absolute atomic E-state index is 10.9. The Hall–Kier alpha value is -1.79. The van der Waals surface area contributed by atoms with Crippen LogP contribution >= 0.6 is 0 Å². The van der Waals surface area contributed by atoms with Crippen LogP contribution in [0.5, 0.6) is 11.5 Å². The van der Waals surface area contributed by atoms with E-state index in [0.29, 0.717) is 12.5 Å². The molecule has 1 aliphatic rings. The second kappa shape index (κ2) is 10.4. The summed E-state index contributed by atoms with van der Waals surface area (Å²) in [7, 11) is 3.36. The number of hydroxylamine groups is 1. The van der Waals surface area contributed by atoms with Crippen molar-refractivity contribution in [2.45, 2.75) is 64.5 Å². The van der Waals surface area contributed by atoms with E-state index in [-0.39, 0.29) is 5.91 Å². The number of amides is 1. The van der Waals surface area contributed by atoms with Gasteiger partial charge in [-0.2, -0.15) is 0 Å². The van der Waals surface area contributed by atoms with E-state index >= 15 is 0 Å². The minimum Gasteiger partial charge on any atom is -0.493 e. The second-order valence-electron chi connectivity index (χ2n) is 7.05. The molecule has 1 aromatic carbocycles. The molecule has 0 radical (unpaired) electrons. The van der Waals surface area contributed by atoms with Crippen molar-refractivity contribution in [2.24, 2.45) is 0 Å². The Balaban J connectivity index is 1.77. The van der Waals surface area contributed by atoms with Crippen molar-refractivity contribution in [3.8, 4) is 11.5 Å². The highest BCUT2D eigenvalue weighted by Gasteiger charge is 2.24. The summed E-state index contributed by atoms with van der Waals surface area (Å²) in [6, 6.07) is 4.75. The summed E-state index contributed by atoms with van der Waals surface area (Å²) in [5.41, 5.74) is 4.36. The largest absolute Gasteiger partial charge is 0.493 e. The number of carbonyl (C=O) groups excluding carboxylic acids is 1. The Bertz CT molecular complexity index is 591. The van der Waals surface area contributed by atoms with Gasteiger partial charge in [0.05, 0.1) is 14.2 Å². The normalized spacial score (nSPS) is 16.8. The van der Waals surface area contributed by atoms with Gasteiger partial charge in [-0.15, -0.1) is 0 Å². The minimum absolute atomic E-state index is 0.294. The van der Waals surface area contributed by atoms with Crippen molar-refractivity contribution < 1.29 is 19.5 Å². The molecule has 0 spiro atoms. The van der Waals surface area contributed by atoms with E-state index in [1.54, 1.807) is 19.7 Å². The Kier molecular flexibility index (Phi) is 8.19. The van der Waals surface area contributed by atoms with Gasteiger partial charge in [-0.1, -0.05) is 19.3 Å². The number of nitrogens with one attached hydrogen (secondary N) is 1. The Labute approximate surface area is 156 Å². The smallest absolute Gasteiger partial charge is 0.243 e. The lowest BCUT2D eigenvalue weighted by Crippen LogP contribution is -2.38. The predicted molar refractivity (Wildman–Crippen MR) is 101 cm³/mol. The number of ether oxygens (including phenoxy) is 2. The van der Waals surface area contributed by atoms with Crippen LogP contribution in [0.2, 0.25) is 0 Å². The molecule has 0 aromatic heterocycles. The minimum atomic E-state index is -0.294. The zero-order valence-electron chi connectivity index (χ0n) is 16.2. The molecular weight excluding hydrogens is 332 g/mol. The van der Waals surface area contributed by atoms with E-state index in [1.807, 2.05) is 0 Å². The van der Waals surface area contributed by atoms with E-state index < -0.39 is 0 Å². The van der Waals surface area contributed by atoms with Gasteiger partial charge in [0, 0.05) is 19.0 Å². The zero-order valence-corrected chi connectivity index (χ0v) is 16.2. The number of benzene rings is 1. The number of hydrogen-bond acceptors (Lipinski definition) is 5. The molecule has 0 fully saturated rings. The molecular formula is C20H32N2O4. The van der Waals surface area contributed by atoms with Gasteiger partial charge in [0.15, 0.2) is 11.5 Å². The first-order chi connectivity index (χ1) is 12.6. The zero-order chi connectivity index (χ0) is 18.9. The van der Waals surface area contributed by atoms with E-state index in [9.17, 15) is 4.79 Å². The van der Waals surface area contributed by atoms with Crippen LogP contribution in [0.15, 0.2) is 12.1 Å². The highest BCUT2D eigenvalue weighted by Crippen LogP contribution is 2.34. The molecule has 6 heteroatoms. The highest BCUT2D eigenvalue weighted by molar-refractivity contribution is 5.74. The fourth-order valence-corrected chi connectivity index (χ4v) is 3.61. The van der Waals surface area contributed by atoms with Crippen LogP contribution in [0, 0.1) is 0 Å². The maximum atomic E-state index is 10.9. The number of nitrogens with zero attached hydrogens (tertiary/aromatic N) is 1. The Morgan fingerprint density at radius 1 is 1.12 bits per heavy atom. The molecule has 1 unspecified atom stereocenters. The summed E-state index contributed by atoms with van der Waals surface area (Å²) in [4.78, 5) is 13.5. The summed E-state index contributed by atoms with van der Waals surface area (Å²) < 4.78 is 10.9. The molecule has 0 saturated carbocycles. The van der Waals surface area contributed by atoms with Crippen molar-refractivity contribution in [3.63, 3.8) is 0 Å². The molecule has 1 atom stereocenters. The molecule has 26 heavy (non-hydrogen) atoms. The molecule has 2 N–H and O–H groups in total. The Morgan fingerprint density at radius 2 is 1.73 bits per heavy atom. The topological polar surface area (TPSA) is 71.0 Å². The number of carbonyl (C=O) groups is 1. The molecule has 1 heterocycles. The van der Waals surface area contributed by atoms with Gasteiger partial charge in [0.1, 0.15) is 0 Å². The number of unbranched alkanes of at least 4 members (excludes halogenated alkanes) is 4. The number of fused-ring (bicyclic) bond motifs is 1. The summed E-state index contributed by atoms with van der Waals surface area (Å²) in [5.74, 6) is 1.31. The highest BCUT2D eigenvalue weighted by atomic mass is 16.5. The van der Waals surface area contributed by atoms with Crippen molar-refractivity contribution >= 4 is 5.91 Å². The van der Waals surface area contributed by atoms with E-state index in [4.69, 9.17) is 14.7 Å². The lowest BCUT2D eigenvalue weighted by atomic mass is 9.93. The number of hydrogen-bond donors (Lipinski definition) is 2. The fourth-order valence-electron chi connectivity index (χ4n) is 3.61. The van der Waals surface area contributed by atoms with Crippen LogP contribution in [0.1, 0.15) is 56.6 Å². The van der Waals surface area contributed by atoms with Crippen molar-refractivity contribution in [1.29, 1.82) is 0 Å². The van der Waals surface area contributed by atoms with Gasteiger partial charge in [0.2, 0.25) is 5.91 Å². The van der Waals surface area contributed by atoms with Crippen molar-refractivity contribution in [3.05, 3.63) is 23.3 Å². The first-order valence-electron chi connectivity index (χ1n) is 9.49. The third-order valence-electron chi connectivity index (χ3n) is 5.19. The lowest BCUT2D eigenvalue weighted by molar-refractivity contribution is -0.129. The number of methoxy groups -OCH3 is 2. The van der Waals surface area contributed by atoms with Crippen LogP contribution in [-0.2, 0) is 17.8 Å². The van der Waals surface area contributed by atoms with E-state index in [2.05, 4.69) is 24.0 Å². The molecule has 1 aromatic rings. The number of rotatable bonds is 10. The van der Waals surface area contributed by atoms with Crippen molar-refractivity contribution in [2.75, 3.05) is 20.8 Å². The molecule has 146 valence electrons. The van der Waals surface area contributed by atoms with Crippen LogP contribution < -0.4 is 15.0 Å². The monoisotopic (exact) mass is 364 g/mol. The third kappa shape index (κ3) is 5.61. The molecule has 0 saturated heterocycles. The van der Waals surface area contributed by atoms with Gasteiger partial charge in [-0.25, -0.2) is 5.48 Å². The first-order valence-corrected chi connectivity index (χ1v) is 9.49. The lowest BCUT2D eigenvalue weighted by Gasteiger charge is -2.35. The molecule has 1 amide bonds. The molecule has 6 nitrogen and oxygen atoms in total.